The van der Waals surface area contributed by atoms with Gasteiger partial charge in [0, 0.05) is 37.7 Å². The van der Waals surface area contributed by atoms with Gasteiger partial charge in [0.15, 0.2) is 5.69 Å². The minimum atomic E-state index is -1.07. The fourth-order valence-electron chi connectivity index (χ4n) is 2.68. The van der Waals surface area contributed by atoms with Crippen LogP contribution in [0.4, 0.5) is 6.01 Å². The number of nitrogens with zero attached hydrogens (tertiary/aromatic N) is 3. The average Bonchev–Trinajstić information content (AvgIpc) is 2.92. The highest BCUT2D eigenvalue weighted by molar-refractivity contribution is 6.30. The molecule has 6 nitrogen and oxygen atoms in total. The lowest BCUT2D eigenvalue weighted by Crippen LogP contribution is -2.30. The molecule has 0 saturated carbocycles. The first-order valence-corrected chi connectivity index (χ1v) is 7.90. The summed E-state index contributed by atoms with van der Waals surface area (Å²) >= 11 is 5.91. The molecule has 1 aliphatic heterocycles. The Morgan fingerprint density at radius 1 is 1.22 bits per heavy atom. The summed E-state index contributed by atoms with van der Waals surface area (Å²) < 4.78 is 5.29. The van der Waals surface area contributed by atoms with Crippen LogP contribution in [0.1, 0.15) is 22.5 Å². The number of aromatic carboxylic acids is 1. The van der Waals surface area contributed by atoms with Crippen molar-refractivity contribution in [3.05, 3.63) is 46.8 Å². The van der Waals surface area contributed by atoms with E-state index in [-0.39, 0.29) is 5.69 Å². The zero-order chi connectivity index (χ0) is 16.2. The van der Waals surface area contributed by atoms with Gasteiger partial charge in [-0.15, -0.1) is 0 Å². The minimum absolute atomic E-state index is 0.0535. The van der Waals surface area contributed by atoms with Crippen LogP contribution in [0.3, 0.4) is 0 Å². The van der Waals surface area contributed by atoms with Crippen LogP contribution >= 0.6 is 11.6 Å². The lowest BCUT2D eigenvalue weighted by Gasteiger charge is -2.20. The van der Waals surface area contributed by atoms with Crippen molar-refractivity contribution in [1.29, 1.82) is 0 Å². The number of aromatic nitrogens is 1. The summed E-state index contributed by atoms with van der Waals surface area (Å²) in [5.74, 6) is -1.07. The molecule has 2 heterocycles. The van der Waals surface area contributed by atoms with Gasteiger partial charge in [-0.3, -0.25) is 4.90 Å². The lowest BCUT2D eigenvalue weighted by atomic mass is 10.2. The van der Waals surface area contributed by atoms with Gasteiger partial charge in [0.05, 0.1) is 0 Å². The SMILES string of the molecule is O=C(O)c1coc(N2CCCN(Cc3ccc(Cl)cc3)CC2)n1. The van der Waals surface area contributed by atoms with Crippen molar-refractivity contribution in [3.63, 3.8) is 0 Å². The topological polar surface area (TPSA) is 69.8 Å². The second kappa shape index (κ2) is 7.02. The van der Waals surface area contributed by atoms with E-state index in [4.69, 9.17) is 21.1 Å². The number of hydrogen-bond acceptors (Lipinski definition) is 5. The molecule has 3 rings (SSSR count). The Balaban J connectivity index is 1.60. The Kier molecular flexibility index (Phi) is 4.83. The molecule has 0 bridgehead atoms. The number of rotatable bonds is 4. The van der Waals surface area contributed by atoms with E-state index in [1.165, 1.54) is 11.8 Å². The van der Waals surface area contributed by atoms with Gasteiger partial charge in [0.1, 0.15) is 6.26 Å². The van der Waals surface area contributed by atoms with Crippen LogP contribution in [0.25, 0.3) is 0 Å². The first kappa shape index (κ1) is 15.8. The second-order valence-electron chi connectivity index (χ2n) is 5.56. The summed E-state index contributed by atoms with van der Waals surface area (Å²) in [6, 6.07) is 8.27. The maximum atomic E-state index is 10.9. The van der Waals surface area contributed by atoms with Crippen LogP contribution in [0, 0.1) is 0 Å². The van der Waals surface area contributed by atoms with Crippen LogP contribution in [-0.4, -0.2) is 47.1 Å². The number of benzene rings is 1. The van der Waals surface area contributed by atoms with Gasteiger partial charge < -0.3 is 14.4 Å². The number of anilines is 1. The number of carbonyl (C=O) groups is 1. The maximum absolute atomic E-state index is 10.9. The molecule has 0 amide bonds. The van der Waals surface area contributed by atoms with E-state index in [9.17, 15) is 4.79 Å². The van der Waals surface area contributed by atoms with E-state index in [1.807, 2.05) is 29.2 Å². The third kappa shape index (κ3) is 4.03. The van der Waals surface area contributed by atoms with Crippen LogP contribution in [-0.2, 0) is 6.54 Å². The molecule has 0 spiro atoms. The largest absolute Gasteiger partial charge is 0.476 e. The number of carboxylic acids is 1. The predicted octanol–water partition coefficient (Wildman–Crippen LogP) is 2.74. The summed E-state index contributed by atoms with van der Waals surface area (Å²) in [6.45, 7) is 4.28. The highest BCUT2D eigenvalue weighted by Gasteiger charge is 2.20. The first-order valence-electron chi connectivity index (χ1n) is 7.52. The number of halogens is 1. The number of hydrogen-bond donors (Lipinski definition) is 1. The highest BCUT2D eigenvalue weighted by atomic mass is 35.5. The molecule has 2 aromatic rings. The van der Waals surface area contributed by atoms with E-state index in [0.29, 0.717) is 6.01 Å². The van der Waals surface area contributed by atoms with E-state index in [2.05, 4.69) is 9.88 Å². The van der Waals surface area contributed by atoms with Gasteiger partial charge in [-0.05, 0) is 24.1 Å². The Morgan fingerprint density at radius 3 is 2.70 bits per heavy atom. The number of carboxylic acid groups (broad SMARTS) is 1. The summed E-state index contributed by atoms with van der Waals surface area (Å²) in [6.07, 6.45) is 2.16. The minimum Gasteiger partial charge on any atom is -0.476 e. The molecule has 1 aromatic heterocycles. The van der Waals surface area contributed by atoms with Gasteiger partial charge in [0.25, 0.3) is 6.01 Å². The third-order valence-corrected chi connectivity index (χ3v) is 4.14. The molecule has 1 aromatic carbocycles. The molecule has 0 radical (unpaired) electrons. The predicted molar refractivity (Wildman–Crippen MR) is 87.0 cm³/mol. The highest BCUT2D eigenvalue weighted by Crippen LogP contribution is 2.17. The molecule has 0 aliphatic carbocycles. The molecule has 7 heteroatoms. The monoisotopic (exact) mass is 335 g/mol. The summed E-state index contributed by atoms with van der Waals surface area (Å²) in [4.78, 5) is 19.3. The standard InChI is InChI=1S/C16H18ClN3O3/c17-13-4-2-12(3-5-13)10-19-6-1-7-20(9-8-19)16-18-14(11-23-16)15(21)22/h2-5,11H,1,6-10H2,(H,21,22). The first-order chi connectivity index (χ1) is 11.1. The van der Waals surface area contributed by atoms with Gasteiger partial charge in [-0.25, -0.2) is 4.79 Å². The summed E-state index contributed by atoms with van der Waals surface area (Å²) in [5.41, 5.74) is 1.18. The Bertz CT molecular complexity index is 671. The van der Waals surface area contributed by atoms with Crippen molar-refractivity contribution in [2.45, 2.75) is 13.0 Å². The van der Waals surface area contributed by atoms with Crippen molar-refractivity contribution in [3.8, 4) is 0 Å². The number of oxazole rings is 1. The fourth-order valence-corrected chi connectivity index (χ4v) is 2.80. The molecule has 1 N–H and O–H groups in total. The van der Waals surface area contributed by atoms with Crippen molar-refractivity contribution in [2.75, 3.05) is 31.1 Å². The fraction of sp³-hybridized carbons (Fsp3) is 0.375. The van der Waals surface area contributed by atoms with Crippen LogP contribution in [0.15, 0.2) is 34.9 Å². The van der Waals surface area contributed by atoms with Crippen molar-refractivity contribution >= 4 is 23.6 Å². The molecule has 1 saturated heterocycles. The Labute approximate surface area is 139 Å². The average molecular weight is 336 g/mol. The van der Waals surface area contributed by atoms with Crippen LogP contribution < -0.4 is 4.90 Å². The Hall–Kier alpha value is -2.05. The quantitative estimate of drug-likeness (QED) is 0.926. The van der Waals surface area contributed by atoms with Gasteiger partial charge >= 0.3 is 5.97 Å². The summed E-state index contributed by atoms with van der Waals surface area (Å²) in [5, 5.41) is 9.66. The molecule has 122 valence electrons. The van der Waals surface area contributed by atoms with E-state index >= 15 is 0 Å². The van der Waals surface area contributed by atoms with Crippen LogP contribution in [0.5, 0.6) is 0 Å². The molecule has 0 unspecified atom stereocenters. The van der Waals surface area contributed by atoms with Crippen LogP contribution in [0.2, 0.25) is 5.02 Å². The zero-order valence-corrected chi connectivity index (χ0v) is 13.4. The van der Waals surface area contributed by atoms with Crippen molar-refractivity contribution in [1.82, 2.24) is 9.88 Å². The smallest absolute Gasteiger partial charge is 0.357 e. The van der Waals surface area contributed by atoms with Gasteiger partial charge in [0.2, 0.25) is 0 Å². The van der Waals surface area contributed by atoms with E-state index in [1.54, 1.807) is 0 Å². The summed E-state index contributed by atoms with van der Waals surface area (Å²) in [7, 11) is 0. The second-order valence-corrected chi connectivity index (χ2v) is 6.00. The molecule has 1 aliphatic rings. The van der Waals surface area contributed by atoms with Gasteiger partial charge in [-0.1, -0.05) is 23.7 Å². The van der Waals surface area contributed by atoms with E-state index < -0.39 is 5.97 Å². The van der Waals surface area contributed by atoms with Crippen molar-refractivity contribution < 1.29 is 14.3 Å². The molecule has 1 fully saturated rings. The van der Waals surface area contributed by atoms with Crippen molar-refractivity contribution in [2.24, 2.45) is 0 Å². The molecule has 0 atom stereocenters. The third-order valence-electron chi connectivity index (χ3n) is 3.89. The van der Waals surface area contributed by atoms with Gasteiger partial charge in [-0.2, -0.15) is 4.98 Å². The maximum Gasteiger partial charge on any atom is 0.357 e. The van der Waals surface area contributed by atoms with E-state index in [0.717, 1.165) is 44.2 Å². The lowest BCUT2D eigenvalue weighted by molar-refractivity contribution is 0.0690. The molecular formula is C16H18ClN3O3. The zero-order valence-electron chi connectivity index (χ0n) is 12.6. The normalized spacial score (nSPS) is 16.3. The molecule has 23 heavy (non-hydrogen) atoms. The Morgan fingerprint density at radius 2 is 2.00 bits per heavy atom. The molecular weight excluding hydrogens is 318 g/mol.